The number of nitrogens with zero attached hydrogens (tertiary/aromatic N) is 3. The highest BCUT2D eigenvalue weighted by atomic mass is 32.2. The standard InChI is InChI=1S/C15H10F5N3O2S2/c1-7-6-26-14(21-7)23-11(5-12(22-23)15(18,19)20)8-3-9(16)13(10(17)4-8)27(2,24)25/h3-6H,1-2H3. The molecule has 27 heavy (non-hydrogen) atoms. The first-order chi connectivity index (χ1) is 12.4. The topological polar surface area (TPSA) is 64.8 Å². The van der Waals surface area contributed by atoms with E-state index in [1.54, 1.807) is 12.3 Å². The van der Waals surface area contributed by atoms with Crippen LogP contribution in [0.15, 0.2) is 28.5 Å². The number of aryl methyl sites for hydroxylation is 1. The Bertz CT molecular complexity index is 1110. The summed E-state index contributed by atoms with van der Waals surface area (Å²) in [5.41, 5.74) is -1.35. The molecule has 5 nitrogen and oxygen atoms in total. The SMILES string of the molecule is Cc1csc(-n2nc(C(F)(F)F)cc2-c2cc(F)c(S(C)(=O)=O)c(F)c2)n1. The van der Waals surface area contributed by atoms with Gasteiger partial charge in [0.05, 0.1) is 11.4 Å². The normalized spacial score (nSPS) is 12.6. The van der Waals surface area contributed by atoms with Crippen molar-refractivity contribution < 1.29 is 30.4 Å². The predicted octanol–water partition coefficient (Wildman–Crippen LogP) is 4.00. The van der Waals surface area contributed by atoms with Crippen LogP contribution in [0.4, 0.5) is 22.0 Å². The summed E-state index contributed by atoms with van der Waals surface area (Å²) in [5, 5.41) is 5.08. The van der Waals surface area contributed by atoms with E-state index in [0.717, 1.165) is 16.0 Å². The van der Waals surface area contributed by atoms with Crippen LogP contribution in [-0.4, -0.2) is 29.4 Å². The Balaban J connectivity index is 2.27. The van der Waals surface area contributed by atoms with E-state index in [4.69, 9.17) is 0 Å². The zero-order valence-electron chi connectivity index (χ0n) is 13.7. The molecule has 2 aromatic heterocycles. The predicted molar refractivity (Wildman–Crippen MR) is 87.4 cm³/mol. The third-order valence-corrected chi connectivity index (χ3v) is 5.52. The second-order valence-electron chi connectivity index (χ2n) is 5.64. The van der Waals surface area contributed by atoms with Gasteiger partial charge < -0.3 is 0 Å². The number of sulfone groups is 1. The molecule has 0 aliphatic rings. The van der Waals surface area contributed by atoms with Crippen molar-refractivity contribution >= 4 is 21.2 Å². The molecule has 0 radical (unpaired) electrons. The highest BCUT2D eigenvalue weighted by Crippen LogP contribution is 2.35. The first-order valence-corrected chi connectivity index (χ1v) is 9.94. The summed E-state index contributed by atoms with van der Waals surface area (Å²) < 4.78 is 91.4. The van der Waals surface area contributed by atoms with Crippen molar-refractivity contribution in [3.8, 4) is 16.4 Å². The van der Waals surface area contributed by atoms with Gasteiger partial charge in [-0.1, -0.05) is 0 Å². The molecule has 0 spiro atoms. The van der Waals surface area contributed by atoms with E-state index in [1.807, 2.05) is 0 Å². The number of aromatic nitrogens is 3. The van der Waals surface area contributed by atoms with Gasteiger partial charge in [0.2, 0.25) is 5.13 Å². The van der Waals surface area contributed by atoms with Gasteiger partial charge in [0, 0.05) is 17.2 Å². The van der Waals surface area contributed by atoms with Crippen LogP contribution >= 0.6 is 11.3 Å². The lowest BCUT2D eigenvalue weighted by molar-refractivity contribution is -0.141. The fourth-order valence-electron chi connectivity index (χ4n) is 2.37. The minimum absolute atomic E-state index is 0.0611. The maximum atomic E-state index is 14.2. The summed E-state index contributed by atoms with van der Waals surface area (Å²) >= 11 is 0.990. The van der Waals surface area contributed by atoms with Crippen molar-refractivity contribution in [3.05, 3.63) is 46.6 Å². The van der Waals surface area contributed by atoms with Gasteiger partial charge in [-0.05, 0) is 25.1 Å². The van der Waals surface area contributed by atoms with E-state index in [1.165, 1.54) is 0 Å². The Kier molecular flexibility index (Phi) is 4.58. The van der Waals surface area contributed by atoms with Crippen molar-refractivity contribution in [1.82, 2.24) is 14.8 Å². The summed E-state index contributed by atoms with van der Waals surface area (Å²) in [7, 11) is -4.20. The number of hydrogen-bond donors (Lipinski definition) is 0. The molecule has 144 valence electrons. The van der Waals surface area contributed by atoms with Gasteiger partial charge in [-0.2, -0.15) is 18.3 Å². The van der Waals surface area contributed by atoms with Gasteiger partial charge >= 0.3 is 6.18 Å². The Morgan fingerprint density at radius 2 is 1.70 bits per heavy atom. The Hall–Kier alpha value is -2.34. The van der Waals surface area contributed by atoms with Crippen LogP contribution in [0.3, 0.4) is 0 Å². The summed E-state index contributed by atoms with van der Waals surface area (Å²) in [6.07, 6.45) is -4.17. The maximum absolute atomic E-state index is 14.2. The smallest absolute Gasteiger partial charge is 0.224 e. The molecule has 2 heterocycles. The molecular weight excluding hydrogens is 413 g/mol. The van der Waals surface area contributed by atoms with Gasteiger partial charge in [-0.3, -0.25) is 0 Å². The molecule has 0 aliphatic carbocycles. The van der Waals surface area contributed by atoms with Crippen LogP contribution in [0.2, 0.25) is 0 Å². The quantitative estimate of drug-likeness (QED) is 0.598. The van der Waals surface area contributed by atoms with Gasteiger partial charge in [-0.25, -0.2) is 26.9 Å². The van der Waals surface area contributed by atoms with Crippen LogP contribution in [0.5, 0.6) is 0 Å². The molecule has 3 rings (SSSR count). The van der Waals surface area contributed by atoms with Crippen molar-refractivity contribution in [2.24, 2.45) is 0 Å². The molecule has 0 unspecified atom stereocenters. The van der Waals surface area contributed by atoms with Gasteiger partial charge in [-0.15, -0.1) is 11.3 Å². The minimum atomic E-state index is -4.80. The van der Waals surface area contributed by atoms with Crippen LogP contribution in [0, 0.1) is 18.6 Å². The molecule has 1 aromatic carbocycles. The average molecular weight is 423 g/mol. The Morgan fingerprint density at radius 1 is 1.11 bits per heavy atom. The number of hydrogen-bond acceptors (Lipinski definition) is 5. The third-order valence-electron chi connectivity index (χ3n) is 3.45. The van der Waals surface area contributed by atoms with E-state index in [2.05, 4.69) is 10.1 Å². The molecule has 0 saturated carbocycles. The molecule has 0 fully saturated rings. The van der Waals surface area contributed by atoms with Crippen LogP contribution in [0.25, 0.3) is 16.4 Å². The monoisotopic (exact) mass is 423 g/mol. The molecule has 12 heteroatoms. The van der Waals surface area contributed by atoms with Gasteiger partial charge in [0.1, 0.15) is 16.5 Å². The Morgan fingerprint density at radius 3 is 2.15 bits per heavy atom. The molecule has 0 atom stereocenters. The lowest BCUT2D eigenvalue weighted by atomic mass is 10.1. The third kappa shape index (κ3) is 3.72. The molecule has 0 bridgehead atoms. The second kappa shape index (κ2) is 6.37. The van der Waals surface area contributed by atoms with Crippen molar-refractivity contribution in [2.45, 2.75) is 18.0 Å². The fraction of sp³-hybridized carbons (Fsp3) is 0.200. The summed E-state index contributed by atoms with van der Waals surface area (Å²) in [5.74, 6) is -2.83. The number of thiazole rings is 1. The minimum Gasteiger partial charge on any atom is -0.224 e. The van der Waals surface area contributed by atoms with E-state index in [9.17, 15) is 30.4 Å². The lowest BCUT2D eigenvalue weighted by Gasteiger charge is -2.08. The molecule has 0 saturated heterocycles. The zero-order chi connectivity index (χ0) is 20.1. The van der Waals surface area contributed by atoms with E-state index < -0.39 is 38.2 Å². The highest BCUT2D eigenvalue weighted by molar-refractivity contribution is 7.90. The van der Waals surface area contributed by atoms with Crippen LogP contribution < -0.4 is 0 Å². The summed E-state index contributed by atoms with van der Waals surface area (Å²) in [6, 6.07) is 1.91. The lowest BCUT2D eigenvalue weighted by Crippen LogP contribution is -2.07. The van der Waals surface area contributed by atoms with E-state index in [0.29, 0.717) is 30.1 Å². The highest BCUT2D eigenvalue weighted by Gasteiger charge is 2.36. The van der Waals surface area contributed by atoms with Crippen molar-refractivity contribution in [3.63, 3.8) is 0 Å². The van der Waals surface area contributed by atoms with E-state index in [-0.39, 0.29) is 16.4 Å². The maximum Gasteiger partial charge on any atom is 0.435 e. The molecular formula is C15H10F5N3O2S2. The van der Waals surface area contributed by atoms with Crippen LogP contribution in [-0.2, 0) is 16.0 Å². The Labute approximate surface area is 154 Å². The summed E-state index contributed by atoms with van der Waals surface area (Å²) in [6.45, 7) is 1.62. The number of alkyl halides is 3. The van der Waals surface area contributed by atoms with Crippen molar-refractivity contribution in [2.75, 3.05) is 6.26 Å². The zero-order valence-corrected chi connectivity index (χ0v) is 15.3. The van der Waals surface area contributed by atoms with Gasteiger partial charge in [0.25, 0.3) is 0 Å². The average Bonchev–Trinajstić information content (AvgIpc) is 3.10. The number of rotatable bonds is 3. The van der Waals surface area contributed by atoms with E-state index >= 15 is 0 Å². The first-order valence-electron chi connectivity index (χ1n) is 7.17. The molecule has 0 aliphatic heterocycles. The second-order valence-corrected chi connectivity index (χ2v) is 8.43. The van der Waals surface area contributed by atoms with Crippen molar-refractivity contribution in [1.29, 1.82) is 0 Å². The number of benzene rings is 1. The molecule has 0 amide bonds. The summed E-state index contributed by atoms with van der Waals surface area (Å²) in [4.78, 5) is 2.88. The molecule has 0 N–H and O–H groups in total. The first kappa shape index (κ1) is 19.4. The number of halogens is 5. The fourth-order valence-corrected chi connectivity index (χ4v) is 3.96. The molecule has 3 aromatic rings. The van der Waals surface area contributed by atoms with Gasteiger partial charge in [0.15, 0.2) is 15.5 Å². The van der Waals surface area contributed by atoms with Crippen LogP contribution in [0.1, 0.15) is 11.4 Å². The largest absolute Gasteiger partial charge is 0.435 e.